The molecule has 0 spiro atoms. The summed E-state index contributed by atoms with van der Waals surface area (Å²) in [6, 6.07) is 13.4. The van der Waals surface area contributed by atoms with E-state index in [4.69, 9.17) is 9.47 Å². The van der Waals surface area contributed by atoms with Crippen molar-refractivity contribution in [3.63, 3.8) is 0 Å². The second-order valence-electron chi connectivity index (χ2n) is 5.03. The smallest absolute Gasteiger partial charge is 0.224 e. The lowest BCUT2D eigenvalue weighted by Gasteiger charge is -2.18. The first kappa shape index (κ1) is 14.9. The van der Waals surface area contributed by atoms with Crippen LogP contribution in [0.2, 0.25) is 0 Å². The van der Waals surface area contributed by atoms with Crippen LogP contribution in [-0.2, 0) is 11.2 Å². The fraction of sp³-hybridized carbons (Fsp3) is 0.235. The van der Waals surface area contributed by atoms with Gasteiger partial charge in [-0.2, -0.15) is 0 Å². The van der Waals surface area contributed by atoms with Crippen LogP contribution in [0.4, 0.5) is 5.69 Å². The number of rotatable bonds is 4. The number of anilines is 1. The van der Waals surface area contributed by atoms with Gasteiger partial charge in [0.25, 0.3) is 0 Å². The largest absolute Gasteiger partial charge is 0.486 e. The summed E-state index contributed by atoms with van der Waals surface area (Å²) in [6.45, 7) is 1.16. The van der Waals surface area contributed by atoms with Gasteiger partial charge in [-0.1, -0.05) is 22.0 Å². The van der Waals surface area contributed by atoms with Crippen LogP contribution in [0.3, 0.4) is 0 Å². The van der Waals surface area contributed by atoms with Gasteiger partial charge < -0.3 is 14.8 Å². The van der Waals surface area contributed by atoms with Gasteiger partial charge in [0.2, 0.25) is 5.91 Å². The van der Waals surface area contributed by atoms with Crippen molar-refractivity contribution in [1.82, 2.24) is 0 Å². The Morgan fingerprint density at radius 1 is 1.05 bits per heavy atom. The van der Waals surface area contributed by atoms with Crippen LogP contribution in [0, 0.1) is 0 Å². The summed E-state index contributed by atoms with van der Waals surface area (Å²) in [7, 11) is 0. The number of hydrogen-bond acceptors (Lipinski definition) is 3. The number of amides is 1. The van der Waals surface area contributed by atoms with Gasteiger partial charge in [0.05, 0.1) is 0 Å². The number of fused-ring (bicyclic) bond motifs is 1. The lowest BCUT2D eigenvalue weighted by molar-refractivity contribution is -0.116. The van der Waals surface area contributed by atoms with E-state index in [1.165, 1.54) is 0 Å². The summed E-state index contributed by atoms with van der Waals surface area (Å²) >= 11 is 3.37. The molecule has 0 atom stereocenters. The van der Waals surface area contributed by atoms with Crippen LogP contribution in [0.25, 0.3) is 0 Å². The highest BCUT2D eigenvalue weighted by atomic mass is 79.9. The van der Waals surface area contributed by atoms with Gasteiger partial charge in [0, 0.05) is 16.6 Å². The van der Waals surface area contributed by atoms with Crippen LogP contribution >= 0.6 is 15.9 Å². The van der Waals surface area contributed by atoms with E-state index in [0.717, 1.165) is 27.2 Å². The Bertz CT molecular complexity index is 670. The Kier molecular flexibility index (Phi) is 4.63. The van der Waals surface area contributed by atoms with E-state index in [1.54, 1.807) is 0 Å². The standard InChI is InChI=1S/C17H16BrNO3/c18-13-3-5-14(6-4-13)19-17(20)8-2-12-1-7-15-16(11-12)22-10-9-21-15/h1,3-7,11H,2,8-10H2,(H,19,20). The van der Waals surface area contributed by atoms with E-state index < -0.39 is 0 Å². The van der Waals surface area contributed by atoms with Crippen molar-refractivity contribution >= 4 is 27.5 Å². The Labute approximate surface area is 137 Å². The Hall–Kier alpha value is -2.01. The van der Waals surface area contributed by atoms with Gasteiger partial charge in [-0.05, 0) is 48.4 Å². The SMILES string of the molecule is O=C(CCc1ccc2c(c1)OCCO2)Nc1ccc(Br)cc1. The van der Waals surface area contributed by atoms with Gasteiger partial charge >= 0.3 is 0 Å². The first-order chi connectivity index (χ1) is 10.7. The highest BCUT2D eigenvalue weighted by molar-refractivity contribution is 9.10. The average molecular weight is 362 g/mol. The van der Waals surface area contributed by atoms with E-state index >= 15 is 0 Å². The zero-order valence-corrected chi connectivity index (χ0v) is 13.6. The second kappa shape index (κ2) is 6.83. The minimum atomic E-state index is -0.00258. The molecule has 5 heteroatoms. The van der Waals surface area contributed by atoms with Gasteiger partial charge in [0.1, 0.15) is 13.2 Å². The minimum Gasteiger partial charge on any atom is -0.486 e. The number of carbonyl (C=O) groups is 1. The van der Waals surface area contributed by atoms with Gasteiger partial charge in [-0.3, -0.25) is 4.79 Å². The van der Waals surface area contributed by atoms with Gasteiger partial charge in [-0.25, -0.2) is 0 Å². The molecule has 1 amide bonds. The fourth-order valence-electron chi connectivity index (χ4n) is 2.26. The lowest BCUT2D eigenvalue weighted by atomic mass is 10.1. The predicted octanol–water partition coefficient (Wildman–Crippen LogP) is 3.79. The van der Waals surface area contributed by atoms with E-state index in [9.17, 15) is 4.79 Å². The van der Waals surface area contributed by atoms with Crippen LogP contribution in [0.1, 0.15) is 12.0 Å². The molecule has 2 aromatic rings. The van der Waals surface area contributed by atoms with E-state index in [-0.39, 0.29) is 5.91 Å². The molecule has 1 aliphatic heterocycles. The Morgan fingerprint density at radius 2 is 1.77 bits per heavy atom. The first-order valence-electron chi connectivity index (χ1n) is 7.15. The molecule has 0 radical (unpaired) electrons. The molecule has 0 saturated heterocycles. The normalized spacial score (nSPS) is 12.8. The van der Waals surface area contributed by atoms with Gasteiger partial charge in [-0.15, -0.1) is 0 Å². The summed E-state index contributed by atoms with van der Waals surface area (Å²) in [5, 5.41) is 2.89. The molecule has 114 valence electrons. The molecule has 0 fully saturated rings. The van der Waals surface area contributed by atoms with Crippen molar-refractivity contribution in [2.75, 3.05) is 18.5 Å². The fourth-order valence-corrected chi connectivity index (χ4v) is 2.52. The maximum Gasteiger partial charge on any atom is 0.224 e. The third-order valence-electron chi connectivity index (χ3n) is 3.38. The molecule has 4 nitrogen and oxygen atoms in total. The number of nitrogens with one attached hydrogen (secondary N) is 1. The van der Waals surface area contributed by atoms with Crippen molar-refractivity contribution in [3.05, 3.63) is 52.5 Å². The number of halogens is 1. The monoisotopic (exact) mass is 361 g/mol. The highest BCUT2D eigenvalue weighted by Gasteiger charge is 2.12. The molecule has 0 saturated carbocycles. The van der Waals surface area contributed by atoms with Crippen molar-refractivity contribution in [2.45, 2.75) is 12.8 Å². The molecule has 1 heterocycles. The number of hydrogen-bond donors (Lipinski definition) is 1. The minimum absolute atomic E-state index is 0.00258. The zero-order valence-electron chi connectivity index (χ0n) is 12.0. The molecule has 3 rings (SSSR count). The van der Waals surface area contributed by atoms with Crippen LogP contribution in [-0.4, -0.2) is 19.1 Å². The molecular formula is C17H16BrNO3. The van der Waals surface area contributed by atoms with E-state index in [1.807, 2.05) is 42.5 Å². The number of ether oxygens (including phenoxy) is 2. The molecule has 2 aromatic carbocycles. The third kappa shape index (κ3) is 3.80. The summed E-state index contributed by atoms with van der Waals surface area (Å²) in [5.41, 5.74) is 1.87. The van der Waals surface area contributed by atoms with Crippen molar-refractivity contribution in [2.24, 2.45) is 0 Å². The Balaban J connectivity index is 1.55. The maximum absolute atomic E-state index is 12.0. The predicted molar refractivity (Wildman–Crippen MR) is 88.5 cm³/mol. The summed E-state index contributed by atoms with van der Waals surface area (Å²) in [4.78, 5) is 12.0. The lowest BCUT2D eigenvalue weighted by Crippen LogP contribution is -2.15. The highest BCUT2D eigenvalue weighted by Crippen LogP contribution is 2.31. The molecule has 0 aromatic heterocycles. The third-order valence-corrected chi connectivity index (χ3v) is 3.90. The Morgan fingerprint density at radius 3 is 2.55 bits per heavy atom. The molecule has 0 bridgehead atoms. The van der Waals surface area contributed by atoms with Gasteiger partial charge in [0.15, 0.2) is 11.5 Å². The number of aryl methyl sites for hydroxylation is 1. The summed E-state index contributed by atoms with van der Waals surface area (Å²) in [5.74, 6) is 1.53. The quantitative estimate of drug-likeness (QED) is 0.900. The zero-order chi connectivity index (χ0) is 15.4. The van der Waals surface area contributed by atoms with Crippen molar-refractivity contribution in [1.29, 1.82) is 0 Å². The topological polar surface area (TPSA) is 47.6 Å². The number of benzene rings is 2. The molecule has 1 aliphatic rings. The summed E-state index contributed by atoms with van der Waals surface area (Å²) < 4.78 is 12.0. The van der Waals surface area contributed by atoms with Crippen molar-refractivity contribution in [3.8, 4) is 11.5 Å². The average Bonchev–Trinajstić information content (AvgIpc) is 2.55. The molecule has 22 heavy (non-hydrogen) atoms. The summed E-state index contributed by atoms with van der Waals surface area (Å²) in [6.07, 6.45) is 1.09. The number of carbonyl (C=O) groups excluding carboxylic acids is 1. The molecule has 1 N–H and O–H groups in total. The maximum atomic E-state index is 12.0. The van der Waals surface area contributed by atoms with Crippen LogP contribution in [0.5, 0.6) is 11.5 Å². The van der Waals surface area contributed by atoms with E-state index in [2.05, 4.69) is 21.2 Å². The van der Waals surface area contributed by atoms with Crippen LogP contribution < -0.4 is 14.8 Å². The van der Waals surface area contributed by atoms with E-state index in [0.29, 0.717) is 26.1 Å². The van der Waals surface area contributed by atoms with Crippen molar-refractivity contribution < 1.29 is 14.3 Å². The molecular weight excluding hydrogens is 346 g/mol. The van der Waals surface area contributed by atoms with Crippen LogP contribution in [0.15, 0.2) is 46.9 Å². The molecule has 0 aliphatic carbocycles. The molecule has 0 unspecified atom stereocenters. The first-order valence-corrected chi connectivity index (χ1v) is 7.94. The second-order valence-corrected chi connectivity index (χ2v) is 5.95.